The van der Waals surface area contributed by atoms with Crippen molar-refractivity contribution in [1.82, 2.24) is 0 Å². The molecular formula is C8H10O4. The molecule has 0 aliphatic heterocycles. The first-order valence-corrected chi connectivity index (χ1v) is 3.16. The summed E-state index contributed by atoms with van der Waals surface area (Å²) in [5.74, 6) is -1.23. The van der Waals surface area contributed by atoms with Crippen LogP contribution in [0.1, 0.15) is 0 Å². The summed E-state index contributed by atoms with van der Waals surface area (Å²) in [4.78, 5) is 21.5. The number of methoxy groups -OCH3 is 2. The maximum Gasteiger partial charge on any atom is 0.338 e. The number of hydrogen-bond donors (Lipinski definition) is 0. The van der Waals surface area contributed by atoms with Gasteiger partial charge in [-0.05, 0) is 0 Å². The van der Waals surface area contributed by atoms with E-state index < -0.39 is 11.9 Å². The molecule has 0 aliphatic rings. The first kappa shape index (κ1) is 10.4. The summed E-state index contributed by atoms with van der Waals surface area (Å²) in [6.07, 6.45) is 2.24. The highest BCUT2D eigenvalue weighted by Crippen LogP contribution is 1.98. The lowest BCUT2D eigenvalue weighted by Gasteiger charge is -1.97. The zero-order valence-corrected chi connectivity index (χ0v) is 6.99. The molecule has 0 radical (unpaired) electrons. The van der Waals surface area contributed by atoms with Crippen LogP contribution in [-0.4, -0.2) is 26.2 Å². The van der Waals surface area contributed by atoms with Crippen molar-refractivity contribution in [3.05, 3.63) is 24.3 Å². The third kappa shape index (κ3) is 3.01. The van der Waals surface area contributed by atoms with E-state index in [0.29, 0.717) is 0 Å². The van der Waals surface area contributed by atoms with Gasteiger partial charge in [0.05, 0.1) is 19.8 Å². The molecule has 0 N–H and O–H groups in total. The third-order valence-electron chi connectivity index (χ3n) is 1.12. The van der Waals surface area contributed by atoms with Crippen LogP contribution in [0.25, 0.3) is 0 Å². The van der Waals surface area contributed by atoms with Crippen LogP contribution in [0, 0.1) is 0 Å². The van der Waals surface area contributed by atoms with E-state index in [9.17, 15) is 9.59 Å². The SMILES string of the molecule is C=C/C(=C\C(=O)OC)C(=O)OC. The van der Waals surface area contributed by atoms with Gasteiger partial charge in [0.15, 0.2) is 0 Å². The van der Waals surface area contributed by atoms with E-state index in [-0.39, 0.29) is 5.57 Å². The Bertz CT molecular complexity index is 227. The van der Waals surface area contributed by atoms with Crippen LogP contribution in [0.4, 0.5) is 0 Å². The number of carbonyl (C=O) groups is 2. The standard InChI is InChI=1S/C8H10O4/c1-4-6(8(10)12-3)5-7(9)11-2/h4-5H,1H2,2-3H3/b6-5+. The molecule has 4 nitrogen and oxygen atoms in total. The van der Waals surface area contributed by atoms with E-state index >= 15 is 0 Å². The van der Waals surface area contributed by atoms with Crippen LogP contribution in [0.5, 0.6) is 0 Å². The summed E-state index contributed by atoms with van der Waals surface area (Å²) in [5, 5.41) is 0. The smallest absolute Gasteiger partial charge is 0.338 e. The average molecular weight is 170 g/mol. The first-order chi connectivity index (χ1) is 5.65. The zero-order chi connectivity index (χ0) is 9.56. The topological polar surface area (TPSA) is 52.6 Å². The Kier molecular flexibility index (Phi) is 4.45. The van der Waals surface area contributed by atoms with Gasteiger partial charge in [-0.25, -0.2) is 9.59 Å². The predicted octanol–water partition coefficient (Wildman–Crippen LogP) is 0.445. The Morgan fingerprint density at radius 1 is 1.25 bits per heavy atom. The molecular weight excluding hydrogens is 160 g/mol. The van der Waals surface area contributed by atoms with Crippen LogP contribution in [0.2, 0.25) is 0 Å². The molecule has 0 unspecified atom stereocenters. The maximum atomic E-state index is 10.8. The minimum absolute atomic E-state index is 0.0735. The Labute approximate surface area is 70.5 Å². The van der Waals surface area contributed by atoms with Gasteiger partial charge in [0.1, 0.15) is 0 Å². The van der Waals surface area contributed by atoms with Crippen LogP contribution in [0.3, 0.4) is 0 Å². The van der Waals surface area contributed by atoms with Crippen molar-refractivity contribution in [3.63, 3.8) is 0 Å². The molecule has 0 aromatic rings. The fourth-order valence-corrected chi connectivity index (χ4v) is 0.505. The first-order valence-electron chi connectivity index (χ1n) is 3.16. The summed E-state index contributed by atoms with van der Waals surface area (Å²) < 4.78 is 8.67. The Morgan fingerprint density at radius 2 is 1.83 bits per heavy atom. The van der Waals surface area contributed by atoms with Crippen LogP contribution in [0.15, 0.2) is 24.3 Å². The Morgan fingerprint density at radius 3 is 2.17 bits per heavy atom. The van der Waals surface area contributed by atoms with Crippen molar-refractivity contribution < 1.29 is 19.1 Å². The largest absolute Gasteiger partial charge is 0.466 e. The summed E-state index contributed by atoms with van der Waals surface area (Å²) in [5.41, 5.74) is 0.0735. The monoisotopic (exact) mass is 170 g/mol. The molecule has 0 bridgehead atoms. The van der Waals surface area contributed by atoms with E-state index in [4.69, 9.17) is 0 Å². The molecule has 0 atom stereocenters. The van der Waals surface area contributed by atoms with Crippen molar-refractivity contribution >= 4 is 11.9 Å². The van der Waals surface area contributed by atoms with Crippen molar-refractivity contribution in [3.8, 4) is 0 Å². The molecule has 0 saturated carbocycles. The molecule has 0 fully saturated rings. The molecule has 0 saturated heterocycles. The van der Waals surface area contributed by atoms with Gasteiger partial charge < -0.3 is 9.47 Å². The highest BCUT2D eigenvalue weighted by Gasteiger charge is 2.07. The Balaban J connectivity index is 4.54. The number of hydrogen-bond acceptors (Lipinski definition) is 4. The average Bonchev–Trinajstić information content (AvgIpc) is 2.12. The van der Waals surface area contributed by atoms with Gasteiger partial charge in [-0.2, -0.15) is 0 Å². The lowest BCUT2D eigenvalue weighted by molar-refractivity contribution is -0.138. The van der Waals surface area contributed by atoms with Crippen molar-refractivity contribution in [2.45, 2.75) is 0 Å². The Hall–Kier alpha value is -1.58. The molecule has 0 aliphatic carbocycles. The molecule has 0 spiro atoms. The van der Waals surface area contributed by atoms with E-state index in [2.05, 4.69) is 16.1 Å². The summed E-state index contributed by atoms with van der Waals surface area (Å²) >= 11 is 0. The molecule has 4 heteroatoms. The quantitative estimate of drug-likeness (QED) is 0.350. The molecule has 0 amide bonds. The lowest BCUT2D eigenvalue weighted by Crippen LogP contribution is -2.06. The van der Waals surface area contributed by atoms with E-state index in [1.165, 1.54) is 20.3 Å². The van der Waals surface area contributed by atoms with E-state index in [0.717, 1.165) is 6.08 Å². The summed E-state index contributed by atoms with van der Waals surface area (Å²) in [7, 11) is 2.44. The molecule has 66 valence electrons. The van der Waals surface area contributed by atoms with E-state index in [1.54, 1.807) is 0 Å². The number of rotatable bonds is 3. The minimum Gasteiger partial charge on any atom is -0.466 e. The van der Waals surface area contributed by atoms with Crippen LogP contribution >= 0.6 is 0 Å². The summed E-state index contributed by atoms with van der Waals surface area (Å²) in [6.45, 7) is 3.34. The molecule has 0 heterocycles. The number of ether oxygens (including phenoxy) is 2. The second kappa shape index (κ2) is 5.12. The molecule has 0 rings (SSSR count). The van der Waals surface area contributed by atoms with Crippen LogP contribution < -0.4 is 0 Å². The minimum atomic E-state index is -0.615. The number of esters is 2. The van der Waals surface area contributed by atoms with Crippen molar-refractivity contribution in [2.75, 3.05) is 14.2 Å². The zero-order valence-electron chi connectivity index (χ0n) is 6.99. The summed E-state index contributed by atoms with van der Waals surface area (Å²) in [6, 6.07) is 0. The number of carbonyl (C=O) groups excluding carboxylic acids is 2. The second-order valence-corrected chi connectivity index (χ2v) is 1.82. The van der Waals surface area contributed by atoms with Crippen LogP contribution in [-0.2, 0) is 19.1 Å². The lowest BCUT2D eigenvalue weighted by atomic mass is 10.2. The molecule has 0 aromatic carbocycles. The maximum absolute atomic E-state index is 10.8. The highest BCUT2D eigenvalue weighted by atomic mass is 16.5. The van der Waals surface area contributed by atoms with Gasteiger partial charge in [0, 0.05) is 6.08 Å². The fourth-order valence-electron chi connectivity index (χ4n) is 0.505. The van der Waals surface area contributed by atoms with Gasteiger partial charge >= 0.3 is 11.9 Å². The van der Waals surface area contributed by atoms with Gasteiger partial charge in [0.25, 0.3) is 0 Å². The normalized spacial score (nSPS) is 10.3. The van der Waals surface area contributed by atoms with Gasteiger partial charge in [0.2, 0.25) is 0 Å². The van der Waals surface area contributed by atoms with E-state index in [1.807, 2.05) is 0 Å². The third-order valence-corrected chi connectivity index (χ3v) is 1.12. The van der Waals surface area contributed by atoms with Gasteiger partial charge in [-0.3, -0.25) is 0 Å². The predicted molar refractivity (Wildman–Crippen MR) is 42.3 cm³/mol. The van der Waals surface area contributed by atoms with Gasteiger partial charge in [-0.15, -0.1) is 0 Å². The highest BCUT2D eigenvalue weighted by molar-refractivity contribution is 5.98. The van der Waals surface area contributed by atoms with Crippen molar-refractivity contribution in [2.24, 2.45) is 0 Å². The molecule has 12 heavy (non-hydrogen) atoms. The van der Waals surface area contributed by atoms with Gasteiger partial charge in [-0.1, -0.05) is 12.7 Å². The second-order valence-electron chi connectivity index (χ2n) is 1.82. The fraction of sp³-hybridized carbons (Fsp3) is 0.250. The molecule has 0 aromatic heterocycles. The van der Waals surface area contributed by atoms with Crippen molar-refractivity contribution in [1.29, 1.82) is 0 Å².